The summed E-state index contributed by atoms with van der Waals surface area (Å²) in [6, 6.07) is 8.21. The van der Waals surface area contributed by atoms with E-state index in [9.17, 15) is 18.3 Å². The molecule has 1 amide bonds. The molecule has 168 valence electrons. The quantitative estimate of drug-likeness (QED) is 0.606. The largest absolute Gasteiger partial charge is 0.465 e. The van der Waals surface area contributed by atoms with Crippen LogP contribution in [-0.2, 0) is 15.4 Å². The van der Waals surface area contributed by atoms with Gasteiger partial charge in [-0.2, -0.15) is 0 Å². The highest BCUT2D eigenvalue weighted by atomic mass is 32.2. The number of carbonyl (C=O) groups is 1. The minimum absolute atomic E-state index is 0.105. The Labute approximate surface area is 186 Å². The SMILES string of the molecule is CC1(c2cn(S(=O)(=O)c3ccccc3)c3ncnc(NC4CCCN(C(=O)O)C4)c23)CC1. The molecule has 1 saturated carbocycles. The van der Waals surface area contributed by atoms with E-state index in [1.165, 1.54) is 15.2 Å². The Morgan fingerprint density at radius 3 is 2.66 bits per heavy atom. The fourth-order valence-corrected chi connectivity index (χ4v) is 5.75. The predicted octanol–water partition coefficient (Wildman–Crippen LogP) is 3.27. The third-order valence-corrected chi connectivity index (χ3v) is 8.20. The molecule has 2 aliphatic rings. The number of rotatable bonds is 5. The van der Waals surface area contributed by atoms with Crippen molar-refractivity contribution in [1.29, 1.82) is 0 Å². The number of carboxylic acid groups (broad SMARTS) is 1. The van der Waals surface area contributed by atoms with Crippen LogP contribution in [0.3, 0.4) is 0 Å². The first kappa shape index (κ1) is 20.7. The fraction of sp³-hybridized carbons (Fsp3) is 0.409. The van der Waals surface area contributed by atoms with Crippen molar-refractivity contribution in [2.45, 2.75) is 49.0 Å². The van der Waals surface area contributed by atoms with Crippen molar-refractivity contribution < 1.29 is 18.3 Å². The molecule has 0 spiro atoms. The van der Waals surface area contributed by atoms with Gasteiger partial charge in [0.2, 0.25) is 0 Å². The number of anilines is 1. The molecule has 2 N–H and O–H groups in total. The Balaban J connectivity index is 1.61. The van der Waals surface area contributed by atoms with E-state index < -0.39 is 16.1 Å². The van der Waals surface area contributed by atoms with E-state index in [1.807, 2.05) is 0 Å². The molecule has 1 saturated heterocycles. The summed E-state index contributed by atoms with van der Waals surface area (Å²) in [5.74, 6) is 0.553. The normalized spacial score (nSPS) is 20.3. The van der Waals surface area contributed by atoms with Gasteiger partial charge in [-0.3, -0.25) is 0 Å². The molecule has 1 unspecified atom stereocenters. The molecule has 9 nitrogen and oxygen atoms in total. The lowest BCUT2D eigenvalue weighted by atomic mass is 9.98. The molecule has 0 radical (unpaired) electrons. The van der Waals surface area contributed by atoms with E-state index in [4.69, 9.17) is 0 Å². The Kier molecular flexibility index (Phi) is 4.85. The summed E-state index contributed by atoms with van der Waals surface area (Å²) >= 11 is 0. The van der Waals surface area contributed by atoms with Crippen LogP contribution in [0, 0.1) is 0 Å². The lowest BCUT2D eigenvalue weighted by molar-refractivity contribution is 0.133. The number of benzene rings is 1. The summed E-state index contributed by atoms with van der Waals surface area (Å²) in [7, 11) is -3.83. The van der Waals surface area contributed by atoms with Crippen molar-refractivity contribution >= 4 is 33.0 Å². The van der Waals surface area contributed by atoms with Gasteiger partial charge in [-0.05, 0) is 48.8 Å². The van der Waals surface area contributed by atoms with Gasteiger partial charge in [0.1, 0.15) is 12.1 Å². The molecule has 3 aromatic rings. The average molecular weight is 456 g/mol. The number of amides is 1. The van der Waals surface area contributed by atoms with Gasteiger partial charge in [0, 0.05) is 25.3 Å². The van der Waals surface area contributed by atoms with E-state index in [2.05, 4.69) is 22.2 Å². The van der Waals surface area contributed by atoms with Gasteiger partial charge in [-0.25, -0.2) is 27.2 Å². The van der Waals surface area contributed by atoms with Gasteiger partial charge in [-0.15, -0.1) is 0 Å². The maximum atomic E-state index is 13.4. The zero-order valence-electron chi connectivity index (χ0n) is 17.7. The maximum absolute atomic E-state index is 13.4. The summed E-state index contributed by atoms with van der Waals surface area (Å²) in [5.41, 5.74) is 1.11. The zero-order valence-corrected chi connectivity index (χ0v) is 18.5. The molecule has 10 heteroatoms. The van der Waals surface area contributed by atoms with Crippen LogP contribution in [0.2, 0.25) is 0 Å². The number of aromatic nitrogens is 3. The summed E-state index contributed by atoms with van der Waals surface area (Å²) in [6.45, 7) is 2.99. The Bertz CT molecular complexity index is 1280. The Hall–Kier alpha value is -3.14. The van der Waals surface area contributed by atoms with E-state index in [0.717, 1.165) is 31.2 Å². The number of hydrogen-bond acceptors (Lipinski definition) is 6. The predicted molar refractivity (Wildman–Crippen MR) is 119 cm³/mol. The number of nitrogens with one attached hydrogen (secondary N) is 1. The van der Waals surface area contributed by atoms with Crippen LogP contribution in [0.4, 0.5) is 10.6 Å². The molecule has 1 aliphatic carbocycles. The fourth-order valence-electron chi connectivity index (χ4n) is 4.41. The number of nitrogens with zero attached hydrogens (tertiary/aromatic N) is 4. The van der Waals surface area contributed by atoms with Crippen LogP contribution in [0.5, 0.6) is 0 Å². The van der Waals surface area contributed by atoms with Gasteiger partial charge in [-0.1, -0.05) is 25.1 Å². The van der Waals surface area contributed by atoms with Gasteiger partial charge in [0.15, 0.2) is 5.65 Å². The molecule has 2 fully saturated rings. The number of likely N-dealkylation sites (tertiary alicyclic amines) is 1. The van der Waals surface area contributed by atoms with Gasteiger partial charge in [0.05, 0.1) is 10.3 Å². The van der Waals surface area contributed by atoms with E-state index in [1.54, 1.807) is 36.5 Å². The molecule has 1 aliphatic heterocycles. The minimum Gasteiger partial charge on any atom is -0.465 e. The topological polar surface area (TPSA) is 117 Å². The van der Waals surface area contributed by atoms with Crippen molar-refractivity contribution in [3.63, 3.8) is 0 Å². The third-order valence-electron chi connectivity index (χ3n) is 6.53. The van der Waals surface area contributed by atoms with Crippen molar-refractivity contribution in [1.82, 2.24) is 18.8 Å². The highest BCUT2D eigenvalue weighted by Gasteiger charge is 2.43. The first-order valence-electron chi connectivity index (χ1n) is 10.7. The molecule has 3 heterocycles. The summed E-state index contributed by atoms with van der Waals surface area (Å²) in [5, 5.41) is 13.4. The van der Waals surface area contributed by atoms with Crippen LogP contribution >= 0.6 is 0 Å². The van der Waals surface area contributed by atoms with E-state index in [0.29, 0.717) is 29.9 Å². The lowest BCUT2D eigenvalue weighted by Gasteiger charge is -2.31. The molecule has 32 heavy (non-hydrogen) atoms. The first-order chi connectivity index (χ1) is 15.3. The third kappa shape index (κ3) is 3.48. The summed E-state index contributed by atoms with van der Waals surface area (Å²) in [4.78, 5) is 21.8. The second kappa shape index (κ2) is 7.47. The van der Waals surface area contributed by atoms with Crippen LogP contribution in [0.15, 0.2) is 47.8 Å². The van der Waals surface area contributed by atoms with Gasteiger partial charge < -0.3 is 15.3 Å². The highest BCUT2D eigenvalue weighted by molar-refractivity contribution is 7.90. The van der Waals surface area contributed by atoms with Gasteiger partial charge >= 0.3 is 6.09 Å². The van der Waals surface area contributed by atoms with Crippen molar-refractivity contribution in [3.05, 3.63) is 48.4 Å². The van der Waals surface area contributed by atoms with Crippen molar-refractivity contribution in [2.75, 3.05) is 18.4 Å². The zero-order chi connectivity index (χ0) is 22.5. The number of fused-ring (bicyclic) bond motifs is 1. The Morgan fingerprint density at radius 2 is 1.97 bits per heavy atom. The van der Waals surface area contributed by atoms with Crippen molar-refractivity contribution in [3.8, 4) is 0 Å². The maximum Gasteiger partial charge on any atom is 0.407 e. The van der Waals surface area contributed by atoms with Gasteiger partial charge in [0.25, 0.3) is 10.0 Å². The second-order valence-corrected chi connectivity index (χ2v) is 10.7. The molecule has 5 rings (SSSR count). The summed E-state index contributed by atoms with van der Waals surface area (Å²) < 4.78 is 28.1. The lowest BCUT2D eigenvalue weighted by Crippen LogP contribution is -2.44. The second-order valence-electron chi connectivity index (χ2n) is 8.85. The molecule has 2 aromatic heterocycles. The van der Waals surface area contributed by atoms with Crippen LogP contribution in [0.25, 0.3) is 11.0 Å². The average Bonchev–Trinajstić information content (AvgIpc) is 3.40. The first-order valence-corrected chi connectivity index (χ1v) is 12.2. The number of piperidine rings is 1. The van der Waals surface area contributed by atoms with Crippen LogP contribution in [-0.4, -0.2) is 57.6 Å². The van der Waals surface area contributed by atoms with Crippen LogP contribution < -0.4 is 5.32 Å². The standard InChI is InChI=1S/C22H25N5O4S/c1-22(9-10-22)17-13-27(32(30,31)16-7-3-2-4-8-16)20-18(17)19(23-14-24-20)25-15-6-5-11-26(12-15)21(28)29/h2-4,7-8,13-15H,5-6,9-12H2,1H3,(H,28,29)(H,23,24,25). The molecular weight excluding hydrogens is 430 g/mol. The molecule has 1 aromatic carbocycles. The highest BCUT2D eigenvalue weighted by Crippen LogP contribution is 2.51. The van der Waals surface area contributed by atoms with Crippen molar-refractivity contribution in [2.24, 2.45) is 0 Å². The minimum atomic E-state index is -3.83. The Morgan fingerprint density at radius 1 is 1.22 bits per heavy atom. The van der Waals surface area contributed by atoms with Crippen LogP contribution in [0.1, 0.15) is 38.2 Å². The summed E-state index contributed by atoms with van der Waals surface area (Å²) in [6.07, 6.45) is 5.60. The smallest absolute Gasteiger partial charge is 0.407 e. The monoisotopic (exact) mass is 455 g/mol. The molecular formula is C22H25N5O4S. The van der Waals surface area contributed by atoms with E-state index >= 15 is 0 Å². The van der Waals surface area contributed by atoms with E-state index in [-0.39, 0.29) is 16.4 Å². The number of hydrogen-bond donors (Lipinski definition) is 2. The molecule has 0 bridgehead atoms. The molecule has 1 atom stereocenters.